The van der Waals surface area contributed by atoms with Crippen LogP contribution in [0, 0.1) is 4.77 Å². The van der Waals surface area contributed by atoms with E-state index in [1.807, 2.05) is 0 Å². The minimum absolute atomic E-state index is 0.149. The summed E-state index contributed by atoms with van der Waals surface area (Å²) in [6.45, 7) is 4.78. The number of ether oxygens (including phenoxy) is 2. The van der Waals surface area contributed by atoms with Gasteiger partial charge in [-0.2, -0.15) is 0 Å². The number of nitrogens with one attached hydrogen (secondary N) is 1. The third-order valence-electron chi connectivity index (χ3n) is 5.05. The number of methoxy groups -OCH3 is 1. The van der Waals surface area contributed by atoms with Crippen molar-refractivity contribution < 1.29 is 19.1 Å². The van der Waals surface area contributed by atoms with Crippen molar-refractivity contribution in [3.05, 3.63) is 38.9 Å². The summed E-state index contributed by atoms with van der Waals surface area (Å²) >= 11 is 5.33. The Bertz CT molecular complexity index is 1040. The largest absolute Gasteiger partial charge is 0.450 e. The van der Waals surface area contributed by atoms with Crippen LogP contribution in [0.15, 0.2) is 23.0 Å². The second kappa shape index (κ2) is 9.86. The van der Waals surface area contributed by atoms with E-state index in [9.17, 15) is 14.4 Å². The zero-order valence-corrected chi connectivity index (χ0v) is 18.0. The van der Waals surface area contributed by atoms with Gasteiger partial charge in [-0.25, -0.2) is 4.79 Å². The van der Waals surface area contributed by atoms with Gasteiger partial charge in [0.05, 0.1) is 17.5 Å². The van der Waals surface area contributed by atoms with Crippen LogP contribution in [0.2, 0.25) is 0 Å². The third-order valence-corrected chi connectivity index (χ3v) is 5.37. The Morgan fingerprint density at radius 1 is 1.17 bits per heavy atom. The van der Waals surface area contributed by atoms with E-state index in [0.29, 0.717) is 73.6 Å². The zero-order valence-electron chi connectivity index (χ0n) is 17.2. The summed E-state index contributed by atoms with van der Waals surface area (Å²) in [7, 11) is 1.61. The molecule has 0 atom stereocenters. The van der Waals surface area contributed by atoms with E-state index in [1.54, 1.807) is 42.0 Å². The smallest absolute Gasteiger partial charge is 0.409 e. The number of amides is 2. The second-order valence-corrected chi connectivity index (χ2v) is 7.36. The van der Waals surface area contributed by atoms with Gasteiger partial charge in [0.2, 0.25) is 0 Å². The molecule has 1 saturated heterocycles. The number of piperazine rings is 1. The van der Waals surface area contributed by atoms with E-state index >= 15 is 0 Å². The first-order valence-corrected chi connectivity index (χ1v) is 10.3. The predicted octanol–water partition coefficient (Wildman–Crippen LogP) is 2.01. The zero-order chi connectivity index (χ0) is 21.7. The van der Waals surface area contributed by atoms with Crippen LogP contribution in [-0.2, 0) is 16.0 Å². The van der Waals surface area contributed by atoms with Crippen LogP contribution in [0.3, 0.4) is 0 Å². The highest BCUT2D eigenvalue weighted by molar-refractivity contribution is 7.71. The van der Waals surface area contributed by atoms with Gasteiger partial charge in [0.1, 0.15) is 0 Å². The molecule has 1 aliphatic rings. The number of fused-ring (bicyclic) bond motifs is 1. The molecular formula is C20H26N4O5S. The Morgan fingerprint density at radius 3 is 2.53 bits per heavy atom. The molecule has 9 nitrogen and oxygen atoms in total. The minimum Gasteiger partial charge on any atom is -0.450 e. The number of aromatic nitrogens is 2. The molecule has 0 aliphatic carbocycles. The van der Waals surface area contributed by atoms with Crippen molar-refractivity contribution in [1.29, 1.82) is 0 Å². The van der Waals surface area contributed by atoms with Crippen molar-refractivity contribution in [3.8, 4) is 0 Å². The van der Waals surface area contributed by atoms with Gasteiger partial charge in [0.15, 0.2) is 4.77 Å². The Hall–Kier alpha value is -2.72. The van der Waals surface area contributed by atoms with Crippen LogP contribution in [0.5, 0.6) is 0 Å². The maximum Gasteiger partial charge on any atom is 0.409 e. The number of benzene rings is 1. The van der Waals surface area contributed by atoms with E-state index in [0.717, 1.165) is 0 Å². The highest BCUT2D eigenvalue weighted by atomic mass is 32.1. The van der Waals surface area contributed by atoms with Crippen LogP contribution >= 0.6 is 12.2 Å². The number of hydrogen-bond acceptors (Lipinski definition) is 6. The molecule has 0 radical (unpaired) electrons. The number of hydrogen-bond donors (Lipinski definition) is 1. The van der Waals surface area contributed by atoms with Crippen molar-refractivity contribution in [2.75, 3.05) is 46.5 Å². The summed E-state index contributed by atoms with van der Waals surface area (Å²) in [5.41, 5.74) is 0.810. The fourth-order valence-corrected chi connectivity index (χ4v) is 3.73. The lowest BCUT2D eigenvalue weighted by atomic mass is 10.1. The van der Waals surface area contributed by atoms with Crippen molar-refractivity contribution in [2.45, 2.75) is 19.9 Å². The molecule has 3 rings (SSSR count). The van der Waals surface area contributed by atoms with E-state index in [-0.39, 0.29) is 17.6 Å². The van der Waals surface area contributed by atoms with Crippen LogP contribution in [0.1, 0.15) is 23.7 Å². The number of carbonyl (C=O) groups excluding carboxylic acids is 2. The van der Waals surface area contributed by atoms with Crippen molar-refractivity contribution in [2.24, 2.45) is 0 Å². The summed E-state index contributed by atoms with van der Waals surface area (Å²) in [5.74, 6) is -0.149. The molecule has 0 unspecified atom stereocenters. The number of H-pyrrole nitrogens is 1. The molecule has 2 heterocycles. The molecule has 1 aliphatic heterocycles. The number of nitrogens with zero attached hydrogens (tertiary/aromatic N) is 3. The molecule has 2 aromatic rings. The maximum atomic E-state index is 12.9. The van der Waals surface area contributed by atoms with Gasteiger partial charge in [0, 0.05) is 52.0 Å². The second-order valence-electron chi connectivity index (χ2n) is 6.97. The van der Waals surface area contributed by atoms with Gasteiger partial charge < -0.3 is 24.3 Å². The first kappa shape index (κ1) is 22.0. The van der Waals surface area contributed by atoms with Gasteiger partial charge in [-0.3, -0.25) is 14.2 Å². The SMILES string of the molecule is CCOC(=O)N1CCN(C(=O)c2ccc3c(=O)n(CCCOC)c(=S)[nH]c3c2)CC1. The number of aromatic amines is 1. The third kappa shape index (κ3) is 4.71. The molecule has 1 aromatic heterocycles. The van der Waals surface area contributed by atoms with Gasteiger partial charge in [-0.15, -0.1) is 0 Å². The highest BCUT2D eigenvalue weighted by Gasteiger charge is 2.25. The van der Waals surface area contributed by atoms with Gasteiger partial charge in [-0.05, 0) is 43.8 Å². The first-order valence-electron chi connectivity index (χ1n) is 9.93. The van der Waals surface area contributed by atoms with Gasteiger partial charge in [-0.1, -0.05) is 0 Å². The molecular weight excluding hydrogens is 408 g/mol. The lowest BCUT2D eigenvalue weighted by Crippen LogP contribution is -2.50. The van der Waals surface area contributed by atoms with Gasteiger partial charge >= 0.3 is 6.09 Å². The van der Waals surface area contributed by atoms with E-state index in [4.69, 9.17) is 21.7 Å². The fraction of sp³-hybridized carbons (Fsp3) is 0.500. The Morgan fingerprint density at radius 2 is 1.87 bits per heavy atom. The Kier molecular flexibility index (Phi) is 7.22. The average Bonchev–Trinajstić information content (AvgIpc) is 2.75. The highest BCUT2D eigenvalue weighted by Crippen LogP contribution is 2.15. The van der Waals surface area contributed by atoms with Crippen LogP contribution in [0.4, 0.5) is 4.79 Å². The van der Waals surface area contributed by atoms with E-state index in [2.05, 4.69) is 4.98 Å². The van der Waals surface area contributed by atoms with Crippen LogP contribution in [0.25, 0.3) is 10.9 Å². The molecule has 1 N–H and O–H groups in total. The summed E-state index contributed by atoms with van der Waals surface area (Å²) < 4.78 is 11.9. The standard InChI is InChI=1S/C20H26N4O5S/c1-3-29-20(27)23-10-8-22(9-11-23)17(25)14-5-6-15-16(13-14)21-19(30)24(18(15)26)7-4-12-28-2/h5-6,13H,3-4,7-12H2,1-2H3,(H,21,30). The molecule has 0 bridgehead atoms. The molecule has 162 valence electrons. The summed E-state index contributed by atoms with van der Waals surface area (Å²) in [4.78, 5) is 43.8. The summed E-state index contributed by atoms with van der Waals surface area (Å²) in [5, 5.41) is 0.477. The van der Waals surface area contributed by atoms with E-state index < -0.39 is 0 Å². The monoisotopic (exact) mass is 434 g/mol. The molecule has 30 heavy (non-hydrogen) atoms. The lowest BCUT2D eigenvalue weighted by molar-refractivity contribution is 0.0570. The van der Waals surface area contributed by atoms with Crippen LogP contribution < -0.4 is 5.56 Å². The molecule has 0 saturated carbocycles. The Labute approximate surface area is 179 Å². The molecule has 1 aromatic carbocycles. The van der Waals surface area contributed by atoms with Crippen molar-refractivity contribution in [1.82, 2.24) is 19.4 Å². The molecule has 2 amide bonds. The normalized spacial score (nSPS) is 14.2. The average molecular weight is 435 g/mol. The maximum absolute atomic E-state index is 12.9. The first-order chi connectivity index (χ1) is 14.5. The fourth-order valence-electron chi connectivity index (χ4n) is 3.45. The van der Waals surface area contributed by atoms with Crippen molar-refractivity contribution >= 4 is 35.1 Å². The predicted molar refractivity (Wildman–Crippen MR) is 114 cm³/mol. The molecule has 0 spiro atoms. The van der Waals surface area contributed by atoms with Crippen LogP contribution in [-0.4, -0.2) is 77.9 Å². The summed E-state index contributed by atoms with van der Waals surface area (Å²) in [6, 6.07) is 4.96. The molecule has 1 fully saturated rings. The van der Waals surface area contributed by atoms with Crippen molar-refractivity contribution in [3.63, 3.8) is 0 Å². The molecule has 10 heteroatoms. The number of carbonyl (C=O) groups is 2. The number of rotatable bonds is 6. The topological polar surface area (TPSA) is 96.9 Å². The van der Waals surface area contributed by atoms with E-state index in [1.165, 1.54) is 4.57 Å². The Balaban J connectivity index is 1.76. The quantitative estimate of drug-likeness (QED) is 0.552. The minimum atomic E-state index is -0.357. The lowest BCUT2D eigenvalue weighted by Gasteiger charge is -2.34. The summed E-state index contributed by atoms with van der Waals surface area (Å²) in [6.07, 6.45) is 0.318. The van der Waals surface area contributed by atoms with Gasteiger partial charge in [0.25, 0.3) is 11.5 Å².